The Labute approximate surface area is 159 Å². The van der Waals surface area contributed by atoms with Crippen molar-refractivity contribution in [3.8, 4) is 0 Å². The van der Waals surface area contributed by atoms with Gasteiger partial charge in [-0.1, -0.05) is 17.7 Å². The van der Waals surface area contributed by atoms with E-state index in [0.29, 0.717) is 18.7 Å². The summed E-state index contributed by atoms with van der Waals surface area (Å²) in [6, 6.07) is 5.54. The van der Waals surface area contributed by atoms with Gasteiger partial charge in [-0.15, -0.1) is 0 Å². The molecule has 0 aromatic heterocycles. The molecule has 1 unspecified atom stereocenters. The van der Waals surface area contributed by atoms with Crippen LogP contribution in [0, 0.1) is 18.8 Å². The number of nitrogens with zero attached hydrogens (tertiary/aromatic N) is 2. The van der Waals surface area contributed by atoms with Crippen LogP contribution in [0.1, 0.15) is 12.0 Å². The minimum Gasteiger partial charge on any atom is -0.481 e. The number of carboxylic acids is 1. The summed E-state index contributed by atoms with van der Waals surface area (Å²) in [7, 11) is 0. The second-order valence-corrected chi connectivity index (χ2v) is 7.11. The number of likely N-dealkylation sites (tertiary alicyclic amines) is 1. The molecule has 10 heteroatoms. The van der Waals surface area contributed by atoms with Gasteiger partial charge < -0.3 is 20.2 Å². The molecule has 0 bridgehead atoms. The summed E-state index contributed by atoms with van der Waals surface area (Å²) in [5.41, 5.74) is 1.71. The number of carboxylic acid groups (broad SMARTS) is 1. The number of benzene rings is 1. The number of rotatable bonds is 3. The van der Waals surface area contributed by atoms with E-state index < -0.39 is 49.1 Å². The van der Waals surface area contributed by atoms with E-state index in [2.05, 4.69) is 5.32 Å². The van der Waals surface area contributed by atoms with E-state index >= 15 is 0 Å². The van der Waals surface area contributed by atoms with Crippen LogP contribution in [-0.4, -0.2) is 59.8 Å². The topological polar surface area (TPSA) is 90.0 Å². The van der Waals surface area contributed by atoms with Crippen LogP contribution in [0.4, 0.5) is 23.7 Å². The average molecular weight is 399 g/mol. The third-order valence-electron chi connectivity index (χ3n) is 5.19. The van der Waals surface area contributed by atoms with Crippen molar-refractivity contribution in [2.75, 3.05) is 24.5 Å². The minimum atomic E-state index is -4.72. The van der Waals surface area contributed by atoms with Crippen LogP contribution in [-0.2, 0) is 9.59 Å². The molecule has 0 saturated carbocycles. The predicted molar refractivity (Wildman–Crippen MR) is 92.7 cm³/mol. The molecule has 0 radical (unpaired) electrons. The van der Waals surface area contributed by atoms with Crippen molar-refractivity contribution in [3.63, 3.8) is 0 Å². The largest absolute Gasteiger partial charge is 0.481 e. The number of aryl methyl sites for hydroxylation is 1. The van der Waals surface area contributed by atoms with Gasteiger partial charge >= 0.3 is 18.2 Å². The fourth-order valence-corrected chi connectivity index (χ4v) is 3.59. The Balaban J connectivity index is 1.64. The Morgan fingerprint density at radius 2 is 1.82 bits per heavy atom. The van der Waals surface area contributed by atoms with Crippen LogP contribution in [0.15, 0.2) is 24.3 Å². The summed E-state index contributed by atoms with van der Waals surface area (Å²) >= 11 is 0. The fraction of sp³-hybridized carbons (Fsp3) is 0.500. The maximum Gasteiger partial charge on any atom is 0.394 e. The van der Waals surface area contributed by atoms with Gasteiger partial charge in [0.25, 0.3) is 0 Å². The smallest absolute Gasteiger partial charge is 0.394 e. The molecule has 2 aliphatic rings. The number of hydrogen-bond acceptors (Lipinski definition) is 3. The molecule has 2 saturated heterocycles. The first kappa shape index (κ1) is 20.0. The molecule has 2 aliphatic heterocycles. The number of nitrogens with one attached hydrogen (secondary N) is 1. The van der Waals surface area contributed by atoms with Crippen LogP contribution < -0.4 is 10.2 Å². The number of urea groups is 1. The zero-order chi connectivity index (χ0) is 20.6. The standard InChI is InChI=1S/C18H20F3N3O4/c1-10-2-4-11(5-3-10)24-7-6-14(15(24)25)22-17(28)23-8-12(16(26)27)13(9-23)18(19,20)21/h2-5,12-14H,6-9H2,1H3,(H,22,28)(H,26,27)/t12-,13-,14?/m1/s1. The first-order valence-corrected chi connectivity index (χ1v) is 8.81. The zero-order valence-corrected chi connectivity index (χ0v) is 15.1. The molecular weight excluding hydrogens is 379 g/mol. The summed E-state index contributed by atoms with van der Waals surface area (Å²) in [6.07, 6.45) is -4.40. The van der Waals surface area contributed by atoms with E-state index in [1.54, 1.807) is 12.1 Å². The summed E-state index contributed by atoms with van der Waals surface area (Å²) < 4.78 is 39.2. The maximum atomic E-state index is 13.1. The SMILES string of the molecule is Cc1ccc(N2CCC(NC(=O)N3C[C@@H](C(F)(F)F)[C@H](C(=O)O)C3)C2=O)cc1. The second kappa shape index (κ2) is 7.33. The molecule has 1 aromatic rings. The molecule has 152 valence electrons. The molecular formula is C18H20F3N3O4. The lowest BCUT2D eigenvalue weighted by molar-refractivity contribution is -0.187. The highest BCUT2D eigenvalue weighted by Gasteiger charge is 2.53. The molecule has 1 aromatic carbocycles. The number of alkyl halides is 3. The van der Waals surface area contributed by atoms with Gasteiger partial charge in [-0.2, -0.15) is 13.2 Å². The Hall–Kier alpha value is -2.78. The Morgan fingerprint density at radius 1 is 1.18 bits per heavy atom. The zero-order valence-electron chi connectivity index (χ0n) is 15.1. The monoisotopic (exact) mass is 399 g/mol. The molecule has 3 atom stereocenters. The van der Waals surface area contributed by atoms with Crippen LogP contribution in [0.25, 0.3) is 0 Å². The first-order chi connectivity index (χ1) is 13.1. The maximum absolute atomic E-state index is 13.1. The summed E-state index contributed by atoms with van der Waals surface area (Å²) in [5, 5.41) is 11.5. The van der Waals surface area contributed by atoms with E-state index in [9.17, 15) is 27.6 Å². The van der Waals surface area contributed by atoms with Gasteiger partial charge in [0.1, 0.15) is 6.04 Å². The number of hydrogen-bond donors (Lipinski definition) is 2. The number of amides is 3. The summed E-state index contributed by atoms with van der Waals surface area (Å²) in [5.74, 6) is -5.79. The van der Waals surface area contributed by atoms with E-state index in [-0.39, 0.29) is 5.91 Å². The van der Waals surface area contributed by atoms with Crippen molar-refractivity contribution >= 4 is 23.6 Å². The highest BCUT2D eigenvalue weighted by Crippen LogP contribution is 2.37. The highest BCUT2D eigenvalue weighted by molar-refractivity contribution is 6.01. The molecule has 28 heavy (non-hydrogen) atoms. The van der Waals surface area contributed by atoms with Gasteiger partial charge in [-0.3, -0.25) is 9.59 Å². The van der Waals surface area contributed by atoms with Gasteiger partial charge in [-0.25, -0.2) is 4.79 Å². The average Bonchev–Trinajstić information content (AvgIpc) is 3.21. The van der Waals surface area contributed by atoms with E-state index in [1.807, 2.05) is 19.1 Å². The van der Waals surface area contributed by atoms with Crippen LogP contribution >= 0.6 is 0 Å². The molecule has 7 nitrogen and oxygen atoms in total. The number of carbonyl (C=O) groups excluding carboxylic acids is 2. The van der Waals surface area contributed by atoms with E-state index in [4.69, 9.17) is 5.11 Å². The quantitative estimate of drug-likeness (QED) is 0.814. The number of carbonyl (C=O) groups is 3. The lowest BCUT2D eigenvalue weighted by Gasteiger charge is -2.21. The third-order valence-corrected chi connectivity index (χ3v) is 5.19. The van der Waals surface area contributed by atoms with Gasteiger partial charge in [0, 0.05) is 25.3 Å². The summed E-state index contributed by atoms with van der Waals surface area (Å²) in [4.78, 5) is 38.4. The Bertz CT molecular complexity index is 781. The lowest BCUT2D eigenvalue weighted by atomic mass is 9.96. The molecule has 3 rings (SSSR count). The van der Waals surface area contributed by atoms with Crippen molar-refractivity contribution in [1.82, 2.24) is 10.2 Å². The van der Waals surface area contributed by atoms with Crippen LogP contribution in [0.2, 0.25) is 0 Å². The van der Waals surface area contributed by atoms with Gasteiger partial charge in [-0.05, 0) is 25.5 Å². The van der Waals surface area contributed by atoms with Crippen LogP contribution in [0.5, 0.6) is 0 Å². The van der Waals surface area contributed by atoms with Gasteiger partial charge in [0.15, 0.2) is 0 Å². The summed E-state index contributed by atoms with van der Waals surface area (Å²) in [6.45, 7) is 0.992. The van der Waals surface area contributed by atoms with Gasteiger partial charge in [0.05, 0.1) is 11.8 Å². The number of halogens is 3. The molecule has 2 N–H and O–H groups in total. The first-order valence-electron chi connectivity index (χ1n) is 8.81. The molecule has 3 amide bonds. The van der Waals surface area contributed by atoms with E-state index in [1.165, 1.54) is 4.90 Å². The van der Waals surface area contributed by atoms with Crippen LogP contribution in [0.3, 0.4) is 0 Å². The fourth-order valence-electron chi connectivity index (χ4n) is 3.59. The Morgan fingerprint density at radius 3 is 2.36 bits per heavy atom. The molecule has 2 heterocycles. The molecule has 2 fully saturated rings. The van der Waals surface area contributed by atoms with Crippen molar-refractivity contribution in [2.24, 2.45) is 11.8 Å². The molecule has 0 spiro atoms. The minimum absolute atomic E-state index is 0.317. The van der Waals surface area contributed by atoms with E-state index in [0.717, 1.165) is 10.5 Å². The Kier molecular flexibility index (Phi) is 5.22. The second-order valence-electron chi connectivity index (χ2n) is 7.11. The van der Waals surface area contributed by atoms with Crippen molar-refractivity contribution in [2.45, 2.75) is 25.6 Å². The molecule has 0 aliphatic carbocycles. The van der Waals surface area contributed by atoms with Crippen molar-refractivity contribution < 1.29 is 32.7 Å². The van der Waals surface area contributed by atoms with Gasteiger partial charge in [0.2, 0.25) is 5.91 Å². The third kappa shape index (κ3) is 3.90. The van der Waals surface area contributed by atoms with Crippen molar-refractivity contribution in [1.29, 1.82) is 0 Å². The highest BCUT2D eigenvalue weighted by atomic mass is 19.4. The lowest BCUT2D eigenvalue weighted by Crippen LogP contribution is -2.47. The predicted octanol–water partition coefficient (Wildman–Crippen LogP) is 2.00. The number of anilines is 1. The number of aliphatic carboxylic acids is 1. The van der Waals surface area contributed by atoms with Crippen molar-refractivity contribution in [3.05, 3.63) is 29.8 Å². The normalized spacial score (nSPS) is 25.3.